The van der Waals surface area contributed by atoms with Crippen LogP contribution >= 0.6 is 0 Å². The Labute approximate surface area is 144 Å². The fourth-order valence-electron chi connectivity index (χ4n) is 2.99. The second kappa shape index (κ2) is 8.69. The Hall–Kier alpha value is -2.07. The van der Waals surface area contributed by atoms with Gasteiger partial charge in [-0.15, -0.1) is 0 Å². The van der Waals surface area contributed by atoms with Gasteiger partial charge in [-0.3, -0.25) is 4.79 Å². The van der Waals surface area contributed by atoms with Gasteiger partial charge in [-0.2, -0.15) is 0 Å². The monoisotopic (exact) mass is 328 g/mol. The number of likely N-dealkylation sites (N-methyl/N-ethyl adjacent to an activating group) is 1. The van der Waals surface area contributed by atoms with E-state index in [2.05, 4.69) is 23.7 Å². The third kappa shape index (κ3) is 4.48. The van der Waals surface area contributed by atoms with Crippen molar-refractivity contribution in [3.63, 3.8) is 0 Å². The predicted molar refractivity (Wildman–Crippen MR) is 98.0 cm³/mol. The summed E-state index contributed by atoms with van der Waals surface area (Å²) in [5.74, 6) is 0.710. The van der Waals surface area contributed by atoms with Gasteiger partial charge in [0.1, 0.15) is 5.75 Å². The number of aromatic amines is 1. The number of carbonyl (C=O) groups excluding carboxylic acids is 1. The molecule has 1 heterocycles. The Balaban J connectivity index is 2.02. The van der Waals surface area contributed by atoms with E-state index in [-0.39, 0.29) is 12.4 Å². The van der Waals surface area contributed by atoms with Gasteiger partial charge in [-0.25, -0.2) is 0 Å². The molecule has 1 aromatic heterocycles. The number of Topliss-reactive ketones (excluding diaryl/α,β-unsaturated/α-hetero) is 1. The molecule has 2 rings (SSSR count). The van der Waals surface area contributed by atoms with Crippen LogP contribution < -0.4 is 4.74 Å². The summed E-state index contributed by atoms with van der Waals surface area (Å²) in [6.45, 7) is 11.6. The van der Waals surface area contributed by atoms with Gasteiger partial charge < -0.3 is 14.6 Å². The topological polar surface area (TPSA) is 45.3 Å². The number of ketones is 1. The van der Waals surface area contributed by atoms with Crippen molar-refractivity contribution in [2.24, 2.45) is 0 Å². The van der Waals surface area contributed by atoms with Gasteiger partial charge >= 0.3 is 0 Å². The number of carbonyl (C=O) groups is 1. The van der Waals surface area contributed by atoms with Crippen LogP contribution in [0, 0.1) is 13.8 Å². The first-order chi connectivity index (χ1) is 11.6. The van der Waals surface area contributed by atoms with Crippen molar-refractivity contribution in [2.45, 2.75) is 34.1 Å². The molecule has 0 saturated carbocycles. The van der Waals surface area contributed by atoms with E-state index in [4.69, 9.17) is 4.74 Å². The molecule has 0 unspecified atom stereocenters. The summed E-state index contributed by atoms with van der Waals surface area (Å²) in [6, 6.07) is 9.44. The predicted octanol–water partition coefficient (Wildman–Crippen LogP) is 3.78. The smallest absolute Gasteiger partial charge is 0.216 e. The van der Waals surface area contributed by atoms with E-state index in [1.807, 2.05) is 44.2 Å². The summed E-state index contributed by atoms with van der Waals surface area (Å²) in [7, 11) is 0. The molecule has 0 aliphatic carbocycles. The molecule has 0 saturated heterocycles. The molecule has 0 amide bonds. The Morgan fingerprint density at radius 3 is 2.42 bits per heavy atom. The molecular weight excluding hydrogens is 300 g/mol. The van der Waals surface area contributed by atoms with Crippen LogP contribution in [-0.2, 0) is 6.42 Å². The standard InChI is InChI=1S/C20H28N2O2/c1-5-22(6-2)13-12-18-15(3)20(21-16(18)4)19(23)14-24-17-10-8-7-9-11-17/h7-11,21H,5-6,12-14H2,1-4H3. The highest BCUT2D eigenvalue weighted by atomic mass is 16.5. The number of hydrogen-bond donors (Lipinski definition) is 1. The van der Waals surface area contributed by atoms with Gasteiger partial charge in [0.2, 0.25) is 5.78 Å². The van der Waals surface area contributed by atoms with Gasteiger partial charge in [0, 0.05) is 12.2 Å². The van der Waals surface area contributed by atoms with E-state index in [0.717, 1.165) is 37.3 Å². The third-order valence-electron chi connectivity index (χ3n) is 4.56. The van der Waals surface area contributed by atoms with Crippen molar-refractivity contribution in [1.82, 2.24) is 9.88 Å². The Kier molecular flexibility index (Phi) is 6.62. The quantitative estimate of drug-likeness (QED) is 0.713. The number of aryl methyl sites for hydroxylation is 1. The highest BCUT2D eigenvalue weighted by Crippen LogP contribution is 2.20. The molecule has 0 spiro atoms. The largest absolute Gasteiger partial charge is 0.485 e. The minimum Gasteiger partial charge on any atom is -0.485 e. The molecule has 4 nitrogen and oxygen atoms in total. The van der Waals surface area contributed by atoms with Crippen LogP contribution in [0.25, 0.3) is 0 Å². The van der Waals surface area contributed by atoms with Crippen LogP contribution in [0.1, 0.15) is 41.2 Å². The van der Waals surface area contributed by atoms with Crippen molar-refractivity contribution in [1.29, 1.82) is 0 Å². The number of hydrogen-bond acceptors (Lipinski definition) is 3. The van der Waals surface area contributed by atoms with Crippen LogP contribution in [0.15, 0.2) is 30.3 Å². The Bertz CT molecular complexity index is 658. The number of ether oxygens (including phenoxy) is 1. The Morgan fingerprint density at radius 1 is 1.12 bits per heavy atom. The van der Waals surface area contributed by atoms with Crippen LogP contribution in [-0.4, -0.2) is 41.9 Å². The van der Waals surface area contributed by atoms with Gasteiger partial charge in [0.25, 0.3) is 0 Å². The van der Waals surface area contributed by atoms with Gasteiger partial charge in [-0.1, -0.05) is 32.0 Å². The molecule has 0 fully saturated rings. The molecular formula is C20H28N2O2. The fourth-order valence-corrected chi connectivity index (χ4v) is 2.99. The van der Waals surface area contributed by atoms with Crippen molar-refractivity contribution in [3.05, 3.63) is 52.8 Å². The average Bonchev–Trinajstić information content (AvgIpc) is 2.89. The zero-order valence-corrected chi connectivity index (χ0v) is 15.2. The number of nitrogens with zero attached hydrogens (tertiary/aromatic N) is 1. The van der Waals surface area contributed by atoms with Crippen molar-refractivity contribution in [2.75, 3.05) is 26.2 Å². The summed E-state index contributed by atoms with van der Waals surface area (Å²) >= 11 is 0. The lowest BCUT2D eigenvalue weighted by Gasteiger charge is -2.18. The van der Waals surface area contributed by atoms with Crippen LogP contribution in [0.5, 0.6) is 5.75 Å². The van der Waals surface area contributed by atoms with E-state index in [9.17, 15) is 4.79 Å². The Morgan fingerprint density at radius 2 is 1.79 bits per heavy atom. The number of para-hydroxylation sites is 1. The molecule has 0 bridgehead atoms. The second-order valence-electron chi connectivity index (χ2n) is 6.03. The molecule has 0 aliphatic rings. The lowest BCUT2D eigenvalue weighted by molar-refractivity contribution is 0.0916. The molecule has 2 aromatic rings. The first-order valence-corrected chi connectivity index (χ1v) is 8.68. The minimum atomic E-state index is -0.00598. The van der Waals surface area contributed by atoms with Crippen LogP contribution in [0.2, 0.25) is 0 Å². The lowest BCUT2D eigenvalue weighted by atomic mass is 10.1. The van der Waals surface area contributed by atoms with E-state index in [1.54, 1.807) is 0 Å². The lowest BCUT2D eigenvalue weighted by Crippen LogP contribution is -2.25. The molecule has 130 valence electrons. The summed E-state index contributed by atoms with van der Waals surface area (Å²) in [6.07, 6.45) is 0.961. The third-order valence-corrected chi connectivity index (χ3v) is 4.56. The fraction of sp³-hybridized carbons (Fsp3) is 0.450. The highest BCUT2D eigenvalue weighted by molar-refractivity contribution is 5.97. The number of rotatable bonds is 9. The molecule has 4 heteroatoms. The van der Waals surface area contributed by atoms with Gasteiger partial charge in [0.15, 0.2) is 6.61 Å². The molecule has 0 aliphatic heterocycles. The normalized spacial score (nSPS) is 11.0. The minimum absolute atomic E-state index is 0.00598. The van der Waals surface area contributed by atoms with E-state index in [1.165, 1.54) is 5.56 Å². The summed E-state index contributed by atoms with van der Waals surface area (Å²) in [5, 5.41) is 0. The van der Waals surface area contributed by atoms with Gasteiger partial charge in [0.05, 0.1) is 5.69 Å². The van der Waals surface area contributed by atoms with E-state index < -0.39 is 0 Å². The second-order valence-corrected chi connectivity index (χ2v) is 6.03. The first-order valence-electron chi connectivity index (χ1n) is 8.68. The molecule has 1 N–H and O–H groups in total. The van der Waals surface area contributed by atoms with E-state index >= 15 is 0 Å². The highest BCUT2D eigenvalue weighted by Gasteiger charge is 2.18. The zero-order valence-electron chi connectivity index (χ0n) is 15.2. The summed E-state index contributed by atoms with van der Waals surface area (Å²) < 4.78 is 5.58. The van der Waals surface area contributed by atoms with Crippen molar-refractivity contribution in [3.8, 4) is 5.75 Å². The maximum atomic E-state index is 12.5. The van der Waals surface area contributed by atoms with Gasteiger partial charge in [-0.05, 0) is 56.6 Å². The number of nitrogens with one attached hydrogen (secondary N) is 1. The molecule has 0 radical (unpaired) electrons. The first kappa shape index (κ1) is 18.3. The van der Waals surface area contributed by atoms with Crippen LogP contribution in [0.3, 0.4) is 0 Å². The molecule has 24 heavy (non-hydrogen) atoms. The maximum absolute atomic E-state index is 12.5. The summed E-state index contributed by atoms with van der Waals surface area (Å²) in [5.41, 5.74) is 4.08. The number of H-pyrrole nitrogens is 1. The average molecular weight is 328 g/mol. The van der Waals surface area contributed by atoms with Crippen molar-refractivity contribution >= 4 is 5.78 Å². The summed E-state index contributed by atoms with van der Waals surface area (Å²) in [4.78, 5) is 18.1. The number of benzene rings is 1. The number of aromatic nitrogens is 1. The zero-order chi connectivity index (χ0) is 17.5. The van der Waals surface area contributed by atoms with Crippen LogP contribution in [0.4, 0.5) is 0 Å². The van der Waals surface area contributed by atoms with Crippen molar-refractivity contribution < 1.29 is 9.53 Å². The molecule has 0 atom stereocenters. The van der Waals surface area contributed by atoms with E-state index in [0.29, 0.717) is 11.4 Å². The maximum Gasteiger partial charge on any atom is 0.216 e. The molecule has 1 aromatic carbocycles. The SMILES string of the molecule is CCN(CC)CCc1c(C)[nH]c(C(=O)COc2ccccc2)c1C.